The zero-order valence-corrected chi connectivity index (χ0v) is 12.2. The highest BCUT2D eigenvalue weighted by Gasteiger charge is 2.19. The van der Waals surface area contributed by atoms with Crippen LogP contribution in [0.4, 0.5) is 0 Å². The Morgan fingerprint density at radius 2 is 2.28 bits per heavy atom. The molecule has 0 radical (unpaired) electrons. The molecule has 1 unspecified atom stereocenters. The van der Waals surface area contributed by atoms with Crippen molar-refractivity contribution in [3.63, 3.8) is 0 Å². The Hall–Kier alpha value is -0.900. The first kappa shape index (κ1) is 13.5. The fourth-order valence-electron chi connectivity index (χ4n) is 1.93. The van der Waals surface area contributed by atoms with Gasteiger partial charge in [0, 0.05) is 17.3 Å². The Morgan fingerprint density at radius 3 is 2.89 bits per heavy atom. The Bertz CT molecular complexity index is 510. The largest absolute Gasteiger partial charge is 0.306 e. The minimum Gasteiger partial charge on any atom is -0.306 e. The predicted octanol–water partition coefficient (Wildman–Crippen LogP) is 4.19. The van der Waals surface area contributed by atoms with Gasteiger partial charge in [-0.05, 0) is 48.5 Å². The number of nitrogens with zero attached hydrogens (tertiary/aromatic N) is 1. The van der Waals surface area contributed by atoms with Crippen molar-refractivity contribution in [2.45, 2.75) is 26.3 Å². The van der Waals surface area contributed by atoms with Crippen LogP contribution < -0.4 is 5.32 Å². The molecule has 4 heteroatoms. The lowest BCUT2D eigenvalue weighted by Gasteiger charge is -2.19. The summed E-state index contributed by atoms with van der Waals surface area (Å²) in [7, 11) is 0. The Balaban J connectivity index is 2.37. The third kappa shape index (κ3) is 2.91. The molecular weight excluding hydrogens is 264 g/mol. The van der Waals surface area contributed by atoms with E-state index in [2.05, 4.69) is 35.6 Å². The minimum atomic E-state index is 0.167. The van der Waals surface area contributed by atoms with E-state index in [1.807, 2.05) is 6.07 Å². The van der Waals surface area contributed by atoms with Gasteiger partial charge in [0.1, 0.15) is 0 Å². The van der Waals surface area contributed by atoms with E-state index in [4.69, 9.17) is 11.6 Å². The van der Waals surface area contributed by atoms with Crippen molar-refractivity contribution in [3.8, 4) is 0 Å². The van der Waals surface area contributed by atoms with Gasteiger partial charge in [0.05, 0.1) is 11.1 Å². The van der Waals surface area contributed by atoms with E-state index >= 15 is 0 Å². The van der Waals surface area contributed by atoms with Crippen LogP contribution >= 0.6 is 22.9 Å². The number of hydrogen-bond acceptors (Lipinski definition) is 3. The van der Waals surface area contributed by atoms with E-state index < -0.39 is 0 Å². The van der Waals surface area contributed by atoms with E-state index in [-0.39, 0.29) is 6.04 Å². The average molecular weight is 281 g/mol. The lowest BCUT2D eigenvalue weighted by atomic mass is 10.0. The summed E-state index contributed by atoms with van der Waals surface area (Å²) in [5.41, 5.74) is 2.41. The van der Waals surface area contributed by atoms with E-state index in [9.17, 15) is 0 Å². The lowest BCUT2D eigenvalue weighted by Crippen LogP contribution is -2.23. The first-order valence-electron chi connectivity index (χ1n) is 6.10. The van der Waals surface area contributed by atoms with Crippen LogP contribution in [0, 0.1) is 6.92 Å². The molecule has 1 atom stereocenters. The highest BCUT2D eigenvalue weighted by atomic mass is 35.5. The molecule has 0 saturated heterocycles. The molecule has 2 nitrogen and oxygen atoms in total. The third-order valence-corrected chi connectivity index (χ3v) is 4.28. The van der Waals surface area contributed by atoms with Crippen molar-refractivity contribution in [2.75, 3.05) is 6.54 Å². The Labute approximate surface area is 117 Å². The number of hydrogen-bond donors (Lipinski definition) is 1. The molecule has 0 aliphatic rings. The Kier molecular flexibility index (Phi) is 4.75. The maximum atomic E-state index is 6.27. The van der Waals surface area contributed by atoms with Gasteiger partial charge >= 0.3 is 0 Å². The molecule has 0 saturated carbocycles. The number of aromatic nitrogens is 1. The second-order valence-electron chi connectivity index (χ2n) is 4.25. The van der Waals surface area contributed by atoms with Crippen molar-refractivity contribution in [2.24, 2.45) is 0 Å². The first-order valence-corrected chi connectivity index (χ1v) is 7.36. The van der Waals surface area contributed by atoms with Crippen LogP contribution in [-0.2, 0) is 0 Å². The summed E-state index contributed by atoms with van der Waals surface area (Å²) in [5.74, 6) is 0. The van der Waals surface area contributed by atoms with Gasteiger partial charge < -0.3 is 5.32 Å². The summed E-state index contributed by atoms with van der Waals surface area (Å²) in [4.78, 5) is 5.39. The van der Waals surface area contributed by atoms with Gasteiger partial charge in [0.2, 0.25) is 0 Å². The highest BCUT2D eigenvalue weighted by molar-refractivity contribution is 7.10. The zero-order chi connectivity index (χ0) is 13.0. The van der Waals surface area contributed by atoms with Crippen LogP contribution in [0.5, 0.6) is 0 Å². The monoisotopic (exact) mass is 280 g/mol. The number of rotatable bonds is 5. The molecule has 2 aromatic rings. The summed E-state index contributed by atoms with van der Waals surface area (Å²) in [6, 6.07) is 4.31. The number of aryl methyl sites for hydroxylation is 1. The van der Waals surface area contributed by atoms with Crippen molar-refractivity contribution >= 4 is 22.9 Å². The predicted molar refractivity (Wildman–Crippen MR) is 78.4 cm³/mol. The normalized spacial score (nSPS) is 12.6. The number of pyridine rings is 1. The fraction of sp³-hybridized carbons (Fsp3) is 0.357. The summed E-state index contributed by atoms with van der Waals surface area (Å²) in [6.07, 6.45) is 4.61. The summed E-state index contributed by atoms with van der Waals surface area (Å²) >= 11 is 8.04. The second kappa shape index (κ2) is 6.32. The number of nitrogens with one attached hydrogen (secondary N) is 1. The molecular formula is C14H17ClN2S. The third-order valence-electron chi connectivity index (χ3n) is 2.88. The van der Waals surface area contributed by atoms with Crippen molar-refractivity contribution in [3.05, 3.63) is 50.9 Å². The van der Waals surface area contributed by atoms with Gasteiger partial charge in [-0.1, -0.05) is 18.5 Å². The van der Waals surface area contributed by atoms with Gasteiger partial charge in [0.25, 0.3) is 0 Å². The molecule has 0 spiro atoms. The molecule has 0 aromatic carbocycles. The molecule has 1 N–H and O–H groups in total. The SMILES string of the molecule is CCCNC(c1ccncc1Cl)c1sccc1C. The van der Waals surface area contributed by atoms with Gasteiger partial charge in [-0.15, -0.1) is 11.3 Å². The van der Waals surface area contributed by atoms with Crippen LogP contribution in [0.1, 0.15) is 35.4 Å². The maximum Gasteiger partial charge on any atom is 0.0689 e. The standard InChI is InChI=1S/C14H17ClN2S/c1-3-6-17-13(14-10(2)5-8-18-14)11-4-7-16-9-12(11)15/h4-5,7-9,13,17H,3,6H2,1-2H3. The maximum absolute atomic E-state index is 6.27. The van der Waals surface area contributed by atoms with Gasteiger partial charge in [-0.2, -0.15) is 0 Å². The van der Waals surface area contributed by atoms with Crippen LogP contribution in [0.15, 0.2) is 29.9 Å². The zero-order valence-electron chi connectivity index (χ0n) is 10.6. The molecule has 0 aliphatic heterocycles. The summed E-state index contributed by atoms with van der Waals surface area (Å²) in [5, 5.41) is 6.41. The average Bonchev–Trinajstić information content (AvgIpc) is 2.78. The topological polar surface area (TPSA) is 24.9 Å². The number of halogens is 1. The quantitative estimate of drug-likeness (QED) is 0.888. The van der Waals surface area contributed by atoms with Crippen LogP contribution in [0.2, 0.25) is 5.02 Å². The second-order valence-corrected chi connectivity index (χ2v) is 5.61. The van der Waals surface area contributed by atoms with Crippen molar-refractivity contribution in [1.29, 1.82) is 0 Å². The number of thiophene rings is 1. The van der Waals surface area contributed by atoms with E-state index in [0.717, 1.165) is 23.6 Å². The smallest absolute Gasteiger partial charge is 0.0689 e. The van der Waals surface area contributed by atoms with E-state index in [0.29, 0.717) is 0 Å². The van der Waals surface area contributed by atoms with Crippen molar-refractivity contribution in [1.82, 2.24) is 10.3 Å². The van der Waals surface area contributed by atoms with Gasteiger partial charge in [-0.25, -0.2) is 0 Å². The molecule has 2 heterocycles. The minimum absolute atomic E-state index is 0.167. The molecule has 0 amide bonds. The molecule has 0 aliphatic carbocycles. The van der Waals surface area contributed by atoms with Crippen LogP contribution in [0.25, 0.3) is 0 Å². The lowest BCUT2D eigenvalue weighted by molar-refractivity contribution is 0.603. The summed E-state index contributed by atoms with van der Waals surface area (Å²) < 4.78 is 0. The van der Waals surface area contributed by atoms with E-state index in [1.165, 1.54) is 10.4 Å². The molecule has 2 rings (SSSR count). The molecule has 0 bridgehead atoms. The van der Waals surface area contributed by atoms with Crippen LogP contribution in [-0.4, -0.2) is 11.5 Å². The van der Waals surface area contributed by atoms with Gasteiger partial charge in [0.15, 0.2) is 0 Å². The molecule has 2 aromatic heterocycles. The van der Waals surface area contributed by atoms with Gasteiger partial charge in [-0.3, -0.25) is 4.98 Å². The molecule has 96 valence electrons. The fourth-order valence-corrected chi connectivity index (χ4v) is 3.18. The highest BCUT2D eigenvalue weighted by Crippen LogP contribution is 2.32. The molecule has 0 fully saturated rings. The Morgan fingerprint density at radius 1 is 1.44 bits per heavy atom. The summed E-state index contributed by atoms with van der Waals surface area (Å²) in [6.45, 7) is 5.28. The van der Waals surface area contributed by atoms with Crippen molar-refractivity contribution < 1.29 is 0 Å². The van der Waals surface area contributed by atoms with Crippen LogP contribution in [0.3, 0.4) is 0 Å². The first-order chi connectivity index (χ1) is 8.74. The van der Waals surface area contributed by atoms with E-state index in [1.54, 1.807) is 23.7 Å². The molecule has 18 heavy (non-hydrogen) atoms.